The lowest BCUT2D eigenvalue weighted by Gasteiger charge is -2.28. The molecule has 2 amide bonds. The van der Waals surface area contributed by atoms with Gasteiger partial charge in [-0.25, -0.2) is 9.18 Å². The standard InChI is InChI=1S/C18H20ClFN2O5/c19-13-4-3-12(7-14(13)20)22-8-11(6-15(22)23)17(24)21-16(18(25)26)10-2-1-5-27-9-10/h3-4,7,10-11,16H,1-2,5-6,8-9H2,(H,21,24)(H,25,26). The Balaban J connectivity index is 1.67. The molecule has 9 heteroatoms. The van der Waals surface area contributed by atoms with Gasteiger partial charge in [0.1, 0.15) is 11.9 Å². The molecular weight excluding hydrogens is 379 g/mol. The zero-order valence-electron chi connectivity index (χ0n) is 14.5. The van der Waals surface area contributed by atoms with Crippen molar-refractivity contribution in [1.82, 2.24) is 5.32 Å². The first-order chi connectivity index (χ1) is 12.9. The van der Waals surface area contributed by atoms with E-state index in [4.69, 9.17) is 16.3 Å². The number of hydrogen-bond donors (Lipinski definition) is 2. The molecule has 2 saturated heterocycles. The van der Waals surface area contributed by atoms with Crippen LogP contribution in [0.15, 0.2) is 18.2 Å². The van der Waals surface area contributed by atoms with Crippen molar-refractivity contribution in [2.24, 2.45) is 11.8 Å². The molecule has 1 aromatic carbocycles. The van der Waals surface area contributed by atoms with E-state index in [-0.39, 0.29) is 36.4 Å². The number of nitrogens with zero attached hydrogens (tertiary/aromatic N) is 1. The molecular formula is C18H20ClFN2O5. The molecule has 7 nitrogen and oxygen atoms in total. The van der Waals surface area contributed by atoms with Crippen LogP contribution >= 0.6 is 11.6 Å². The number of carboxylic acid groups (broad SMARTS) is 1. The molecule has 0 saturated carbocycles. The van der Waals surface area contributed by atoms with E-state index < -0.39 is 29.7 Å². The lowest BCUT2D eigenvalue weighted by atomic mass is 9.93. The van der Waals surface area contributed by atoms with Crippen LogP contribution in [0, 0.1) is 17.7 Å². The molecule has 0 aromatic heterocycles. The predicted molar refractivity (Wildman–Crippen MR) is 95.0 cm³/mol. The van der Waals surface area contributed by atoms with Gasteiger partial charge in [0.15, 0.2) is 0 Å². The quantitative estimate of drug-likeness (QED) is 0.788. The van der Waals surface area contributed by atoms with E-state index in [9.17, 15) is 23.9 Å². The van der Waals surface area contributed by atoms with Crippen LogP contribution in [0.2, 0.25) is 5.02 Å². The van der Waals surface area contributed by atoms with Crippen LogP contribution in [0.5, 0.6) is 0 Å². The number of hydrogen-bond acceptors (Lipinski definition) is 4. The summed E-state index contributed by atoms with van der Waals surface area (Å²) in [6, 6.07) is 2.93. The maximum absolute atomic E-state index is 13.7. The number of nitrogens with one attached hydrogen (secondary N) is 1. The highest BCUT2D eigenvalue weighted by Gasteiger charge is 2.38. The van der Waals surface area contributed by atoms with Crippen LogP contribution in [0.3, 0.4) is 0 Å². The molecule has 3 rings (SSSR count). The predicted octanol–water partition coefficient (Wildman–Crippen LogP) is 1.83. The third kappa shape index (κ3) is 4.39. The molecule has 27 heavy (non-hydrogen) atoms. The maximum atomic E-state index is 13.7. The van der Waals surface area contributed by atoms with Gasteiger partial charge in [0.2, 0.25) is 11.8 Å². The fourth-order valence-electron chi connectivity index (χ4n) is 3.47. The number of aliphatic carboxylic acids is 1. The molecule has 2 N–H and O–H groups in total. The molecule has 2 heterocycles. The third-order valence-corrected chi connectivity index (χ3v) is 5.25. The number of halogens is 2. The molecule has 0 aliphatic carbocycles. The Kier molecular flexibility index (Phi) is 5.96. The number of carboxylic acids is 1. The first-order valence-electron chi connectivity index (χ1n) is 8.73. The molecule has 1 aromatic rings. The van der Waals surface area contributed by atoms with Gasteiger partial charge in [-0.15, -0.1) is 0 Å². The molecule has 0 bridgehead atoms. The molecule has 2 aliphatic rings. The number of anilines is 1. The Hall–Kier alpha value is -2.19. The number of rotatable bonds is 5. The van der Waals surface area contributed by atoms with Gasteiger partial charge in [-0.05, 0) is 31.0 Å². The van der Waals surface area contributed by atoms with E-state index in [1.807, 2.05) is 0 Å². The highest BCUT2D eigenvalue weighted by molar-refractivity contribution is 6.30. The zero-order valence-corrected chi connectivity index (χ0v) is 15.2. The average Bonchev–Trinajstić information content (AvgIpc) is 3.04. The van der Waals surface area contributed by atoms with E-state index in [2.05, 4.69) is 5.32 Å². The lowest BCUT2D eigenvalue weighted by molar-refractivity contribution is -0.145. The first-order valence-corrected chi connectivity index (χ1v) is 9.11. The Morgan fingerprint density at radius 1 is 1.41 bits per heavy atom. The second-order valence-electron chi connectivity index (χ2n) is 6.81. The van der Waals surface area contributed by atoms with Crippen molar-refractivity contribution in [3.63, 3.8) is 0 Å². The lowest BCUT2D eigenvalue weighted by Crippen LogP contribution is -2.50. The van der Waals surface area contributed by atoms with Crippen LogP contribution in [0.1, 0.15) is 19.3 Å². The van der Waals surface area contributed by atoms with Crippen molar-refractivity contribution in [3.8, 4) is 0 Å². The first kappa shape index (κ1) is 19.6. The van der Waals surface area contributed by atoms with E-state index >= 15 is 0 Å². The van der Waals surface area contributed by atoms with Crippen LogP contribution in [-0.4, -0.2) is 48.7 Å². The van der Waals surface area contributed by atoms with Crippen molar-refractivity contribution in [2.75, 3.05) is 24.7 Å². The van der Waals surface area contributed by atoms with E-state index in [1.54, 1.807) is 0 Å². The summed E-state index contributed by atoms with van der Waals surface area (Å²) >= 11 is 5.66. The summed E-state index contributed by atoms with van der Waals surface area (Å²) in [6.07, 6.45) is 1.32. The summed E-state index contributed by atoms with van der Waals surface area (Å²) in [6.45, 7) is 0.913. The monoisotopic (exact) mass is 398 g/mol. The van der Waals surface area contributed by atoms with Gasteiger partial charge >= 0.3 is 5.97 Å². The highest BCUT2D eigenvalue weighted by atomic mass is 35.5. The molecule has 0 radical (unpaired) electrons. The number of carbonyl (C=O) groups is 3. The minimum absolute atomic E-state index is 0.0548. The highest BCUT2D eigenvalue weighted by Crippen LogP contribution is 2.28. The summed E-state index contributed by atoms with van der Waals surface area (Å²) in [5.74, 6) is -3.62. The van der Waals surface area contributed by atoms with Gasteiger partial charge in [-0.3, -0.25) is 9.59 Å². The Morgan fingerprint density at radius 3 is 2.81 bits per heavy atom. The molecule has 3 unspecified atom stereocenters. The average molecular weight is 399 g/mol. The third-order valence-electron chi connectivity index (χ3n) is 4.94. The molecule has 2 fully saturated rings. The van der Waals surface area contributed by atoms with Crippen LogP contribution < -0.4 is 10.2 Å². The number of carbonyl (C=O) groups excluding carboxylic acids is 2. The Labute approximate surface area is 160 Å². The summed E-state index contributed by atoms with van der Waals surface area (Å²) < 4.78 is 19.0. The summed E-state index contributed by atoms with van der Waals surface area (Å²) in [5, 5.41) is 11.9. The van der Waals surface area contributed by atoms with E-state index in [0.717, 1.165) is 12.5 Å². The molecule has 146 valence electrons. The van der Waals surface area contributed by atoms with Crippen molar-refractivity contribution < 1.29 is 28.6 Å². The van der Waals surface area contributed by atoms with Gasteiger partial charge in [0, 0.05) is 31.2 Å². The second-order valence-corrected chi connectivity index (χ2v) is 7.21. The Bertz CT molecular complexity index is 753. The van der Waals surface area contributed by atoms with Crippen molar-refractivity contribution >= 4 is 35.1 Å². The fraction of sp³-hybridized carbons (Fsp3) is 0.500. The summed E-state index contributed by atoms with van der Waals surface area (Å²) in [5.41, 5.74) is 0.313. The van der Waals surface area contributed by atoms with Crippen LogP contribution in [0.4, 0.5) is 10.1 Å². The summed E-state index contributed by atoms with van der Waals surface area (Å²) in [7, 11) is 0. The number of amides is 2. The molecule has 3 atom stereocenters. The van der Waals surface area contributed by atoms with Gasteiger partial charge in [0.25, 0.3) is 0 Å². The van der Waals surface area contributed by atoms with Gasteiger partial charge in [-0.2, -0.15) is 0 Å². The van der Waals surface area contributed by atoms with Gasteiger partial charge in [-0.1, -0.05) is 11.6 Å². The Morgan fingerprint density at radius 2 is 2.19 bits per heavy atom. The van der Waals surface area contributed by atoms with Crippen LogP contribution in [-0.2, 0) is 19.1 Å². The maximum Gasteiger partial charge on any atom is 0.326 e. The molecule has 2 aliphatic heterocycles. The van der Waals surface area contributed by atoms with E-state index in [1.165, 1.54) is 17.0 Å². The largest absolute Gasteiger partial charge is 0.480 e. The van der Waals surface area contributed by atoms with Crippen molar-refractivity contribution in [2.45, 2.75) is 25.3 Å². The van der Waals surface area contributed by atoms with E-state index in [0.29, 0.717) is 18.7 Å². The number of ether oxygens (including phenoxy) is 1. The second kappa shape index (κ2) is 8.22. The zero-order chi connectivity index (χ0) is 19.6. The fourth-order valence-corrected chi connectivity index (χ4v) is 3.58. The minimum Gasteiger partial charge on any atom is -0.480 e. The minimum atomic E-state index is -1.13. The number of benzene rings is 1. The van der Waals surface area contributed by atoms with Crippen molar-refractivity contribution in [3.05, 3.63) is 29.0 Å². The topological polar surface area (TPSA) is 95.9 Å². The van der Waals surface area contributed by atoms with Gasteiger partial charge < -0.3 is 20.1 Å². The van der Waals surface area contributed by atoms with Crippen molar-refractivity contribution in [1.29, 1.82) is 0 Å². The molecule has 0 spiro atoms. The normalized spacial score (nSPS) is 23.9. The van der Waals surface area contributed by atoms with Gasteiger partial charge in [0.05, 0.1) is 17.5 Å². The summed E-state index contributed by atoms with van der Waals surface area (Å²) in [4.78, 5) is 37.7. The smallest absolute Gasteiger partial charge is 0.326 e. The SMILES string of the molecule is O=C(NC(C(=O)O)C1CCCOC1)C1CC(=O)N(c2ccc(Cl)c(F)c2)C1. The van der Waals surface area contributed by atoms with Crippen LogP contribution in [0.25, 0.3) is 0 Å².